The van der Waals surface area contributed by atoms with Gasteiger partial charge in [-0.05, 0) is 0 Å². The van der Waals surface area contributed by atoms with Crippen LogP contribution in [-0.4, -0.2) is 90.9 Å². The molecule has 6 N–H and O–H groups in total. The number of aliphatic carboxylic acids is 2. The van der Waals surface area contributed by atoms with Crippen molar-refractivity contribution in [3.63, 3.8) is 0 Å². The fourth-order valence-electron chi connectivity index (χ4n) is 1.21. The molecule has 0 aromatic heterocycles. The SMILES string of the molecule is C=C(CC(=O)OC(=O)C(O)C(O)C(=O)O)C(=O)OC(=O)C(O)C(O)C(=O)O. The van der Waals surface area contributed by atoms with E-state index in [0.717, 1.165) is 0 Å². The van der Waals surface area contributed by atoms with Gasteiger partial charge >= 0.3 is 35.8 Å². The topological polar surface area (TPSA) is 242 Å². The molecule has 27 heavy (non-hydrogen) atoms. The Hall–Kier alpha value is -3.20. The summed E-state index contributed by atoms with van der Waals surface area (Å²) < 4.78 is 7.91. The Morgan fingerprint density at radius 3 is 1.44 bits per heavy atom. The van der Waals surface area contributed by atoms with Gasteiger partial charge in [-0.25, -0.2) is 24.0 Å². The van der Waals surface area contributed by atoms with Crippen molar-refractivity contribution in [1.29, 1.82) is 0 Å². The third-order valence-electron chi connectivity index (χ3n) is 2.64. The molecule has 0 rings (SSSR count). The van der Waals surface area contributed by atoms with Gasteiger partial charge in [0.05, 0.1) is 6.42 Å². The van der Waals surface area contributed by atoms with Crippen LogP contribution in [0.15, 0.2) is 12.2 Å². The largest absolute Gasteiger partial charge is 0.479 e. The van der Waals surface area contributed by atoms with Crippen LogP contribution in [-0.2, 0) is 38.2 Å². The van der Waals surface area contributed by atoms with E-state index < -0.39 is 72.2 Å². The van der Waals surface area contributed by atoms with E-state index in [-0.39, 0.29) is 0 Å². The molecule has 14 nitrogen and oxygen atoms in total. The van der Waals surface area contributed by atoms with Crippen LogP contribution in [0.25, 0.3) is 0 Å². The average Bonchev–Trinajstić information content (AvgIpc) is 2.58. The Labute approximate surface area is 148 Å². The van der Waals surface area contributed by atoms with Crippen LogP contribution in [0.3, 0.4) is 0 Å². The first-order chi connectivity index (χ1) is 12.3. The molecule has 4 atom stereocenters. The van der Waals surface area contributed by atoms with Crippen molar-refractivity contribution in [3.8, 4) is 0 Å². The number of rotatable bonds is 9. The number of aliphatic hydroxyl groups is 4. The van der Waals surface area contributed by atoms with Gasteiger partial charge in [0.25, 0.3) is 0 Å². The number of ether oxygens (including phenoxy) is 2. The Kier molecular flexibility index (Phi) is 8.88. The molecule has 0 radical (unpaired) electrons. The molecule has 0 saturated carbocycles. The summed E-state index contributed by atoms with van der Waals surface area (Å²) in [4.78, 5) is 66.0. The van der Waals surface area contributed by atoms with Gasteiger partial charge in [-0.3, -0.25) is 4.79 Å². The summed E-state index contributed by atoms with van der Waals surface area (Å²) in [6.45, 7) is 3.00. The molecule has 0 saturated heterocycles. The molecule has 0 aromatic carbocycles. The highest BCUT2D eigenvalue weighted by atomic mass is 16.6. The zero-order chi connectivity index (χ0) is 21.5. The predicted molar refractivity (Wildman–Crippen MR) is 75.3 cm³/mol. The summed E-state index contributed by atoms with van der Waals surface area (Å²) in [5.41, 5.74) is -0.827. The maximum absolute atomic E-state index is 11.5. The number of carboxylic acid groups (broad SMARTS) is 2. The molecule has 4 unspecified atom stereocenters. The van der Waals surface area contributed by atoms with Crippen molar-refractivity contribution in [3.05, 3.63) is 12.2 Å². The molecule has 14 heteroatoms. The van der Waals surface area contributed by atoms with Crippen LogP contribution in [0.4, 0.5) is 0 Å². The van der Waals surface area contributed by atoms with Gasteiger partial charge in [0, 0.05) is 5.57 Å². The number of aliphatic hydroxyl groups excluding tert-OH is 4. The summed E-state index contributed by atoms with van der Waals surface area (Å²) in [7, 11) is 0. The fraction of sp³-hybridized carbons (Fsp3) is 0.385. The molecule has 0 amide bonds. The summed E-state index contributed by atoms with van der Waals surface area (Å²) in [6.07, 6.45) is -11.5. The van der Waals surface area contributed by atoms with E-state index in [2.05, 4.69) is 16.1 Å². The standard InChI is InChI=1S/C13H14O14/c1-3(11(23)27-13(25)8(18)6(16)10(21)22)2-4(14)26-12(24)7(17)5(15)9(19)20/h5-8,15-18H,1-2H2,(H,19,20)(H,21,22). The maximum atomic E-state index is 11.5. The molecule has 0 heterocycles. The maximum Gasteiger partial charge on any atom is 0.346 e. The Bertz CT molecular complexity index is 664. The first-order valence-electron chi connectivity index (χ1n) is 6.65. The number of carbonyl (C=O) groups excluding carboxylic acids is 4. The first-order valence-corrected chi connectivity index (χ1v) is 6.65. The summed E-state index contributed by atoms with van der Waals surface area (Å²) in [5.74, 6) is -10.9. The van der Waals surface area contributed by atoms with Gasteiger partial charge in [0.2, 0.25) is 0 Å². The number of esters is 4. The third kappa shape index (κ3) is 7.28. The molecule has 0 spiro atoms. The highest BCUT2D eigenvalue weighted by Gasteiger charge is 2.35. The zero-order valence-electron chi connectivity index (χ0n) is 13.2. The van der Waals surface area contributed by atoms with Crippen molar-refractivity contribution in [2.75, 3.05) is 0 Å². The molecule has 0 bridgehead atoms. The van der Waals surface area contributed by atoms with E-state index in [9.17, 15) is 28.8 Å². The lowest BCUT2D eigenvalue weighted by molar-refractivity contribution is -0.176. The highest BCUT2D eigenvalue weighted by molar-refractivity contribution is 6.01. The molecular formula is C13H14O14. The van der Waals surface area contributed by atoms with E-state index in [1.54, 1.807) is 0 Å². The van der Waals surface area contributed by atoms with Gasteiger partial charge in [-0.2, -0.15) is 0 Å². The van der Waals surface area contributed by atoms with Crippen LogP contribution >= 0.6 is 0 Å². The van der Waals surface area contributed by atoms with Crippen LogP contribution in [0.2, 0.25) is 0 Å². The van der Waals surface area contributed by atoms with Crippen molar-refractivity contribution >= 4 is 35.8 Å². The number of carboxylic acids is 2. The number of carbonyl (C=O) groups is 6. The van der Waals surface area contributed by atoms with Crippen LogP contribution in [0.5, 0.6) is 0 Å². The average molecular weight is 394 g/mol. The minimum absolute atomic E-state index is 0.827. The second-order valence-corrected chi connectivity index (χ2v) is 4.74. The van der Waals surface area contributed by atoms with Gasteiger partial charge in [-0.15, -0.1) is 0 Å². The van der Waals surface area contributed by atoms with Gasteiger partial charge in [-0.1, -0.05) is 6.58 Å². The normalized spacial score (nSPS) is 14.8. The molecule has 150 valence electrons. The molecule has 0 aliphatic heterocycles. The monoisotopic (exact) mass is 394 g/mol. The lowest BCUT2D eigenvalue weighted by Gasteiger charge is -2.13. The van der Waals surface area contributed by atoms with Crippen molar-refractivity contribution in [1.82, 2.24) is 0 Å². The van der Waals surface area contributed by atoms with Crippen LogP contribution in [0, 0.1) is 0 Å². The first kappa shape index (κ1) is 23.8. The minimum Gasteiger partial charge on any atom is -0.479 e. The summed E-state index contributed by atoms with van der Waals surface area (Å²) in [5, 5.41) is 52.8. The van der Waals surface area contributed by atoms with Crippen molar-refractivity contribution < 1.29 is 68.9 Å². The van der Waals surface area contributed by atoms with Crippen molar-refractivity contribution in [2.24, 2.45) is 0 Å². The van der Waals surface area contributed by atoms with Crippen LogP contribution < -0.4 is 0 Å². The second-order valence-electron chi connectivity index (χ2n) is 4.74. The minimum atomic E-state index is -2.62. The lowest BCUT2D eigenvalue weighted by atomic mass is 10.2. The van der Waals surface area contributed by atoms with Gasteiger partial charge in [0.15, 0.2) is 24.4 Å². The van der Waals surface area contributed by atoms with Crippen molar-refractivity contribution in [2.45, 2.75) is 30.8 Å². The Morgan fingerprint density at radius 1 is 0.704 bits per heavy atom. The van der Waals surface area contributed by atoms with E-state index in [0.29, 0.717) is 0 Å². The van der Waals surface area contributed by atoms with E-state index in [1.165, 1.54) is 0 Å². The van der Waals surface area contributed by atoms with Gasteiger partial charge < -0.3 is 40.1 Å². The highest BCUT2D eigenvalue weighted by Crippen LogP contribution is 2.07. The molecule has 0 fully saturated rings. The molecule has 0 aromatic rings. The second kappa shape index (κ2) is 10.1. The lowest BCUT2D eigenvalue weighted by Crippen LogP contribution is -2.42. The van der Waals surface area contributed by atoms with E-state index >= 15 is 0 Å². The predicted octanol–water partition coefficient (Wildman–Crippen LogP) is -4.31. The molecule has 0 aliphatic rings. The third-order valence-corrected chi connectivity index (χ3v) is 2.64. The summed E-state index contributed by atoms with van der Waals surface area (Å²) in [6, 6.07) is 0. The smallest absolute Gasteiger partial charge is 0.346 e. The van der Waals surface area contributed by atoms with Gasteiger partial charge in [0.1, 0.15) is 0 Å². The van der Waals surface area contributed by atoms with E-state index in [1.807, 2.05) is 0 Å². The zero-order valence-corrected chi connectivity index (χ0v) is 13.2. The number of hydrogen-bond acceptors (Lipinski definition) is 12. The number of hydrogen-bond donors (Lipinski definition) is 6. The Balaban J connectivity index is 4.67. The fourth-order valence-corrected chi connectivity index (χ4v) is 1.21. The van der Waals surface area contributed by atoms with E-state index in [4.69, 9.17) is 30.6 Å². The molecular weight excluding hydrogens is 380 g/mol. The summed E-state index contributed by atoms with van der Waals surface area (Å²) >= 11 is 0. The Morgan fingerprint density at radius 2 is 1.07 bits per heavy atom. The quantitative estimate of drug-likeness (QED) is 0.123. The van der Waals surface area contributed by atoms with Crippen LogP contribution in [0.1, 0.15) is 6.42 Å². The molecule has 0 aliphatic carbocycles.